The summed E-state index contributed by atoms with van der Waals surface area (Å²) in [5, 5.41) is 10.1. The number of nitrogens with one attached hydrogen (secondary N) is 1. The van der Waals surface area contributed by atoms with Crippen molar-refractivity contribution in [3.8, 4) is 0 Å². The average Bonchev–Trinajstić information content (AvgIpc) is 3.06. The molecule has 0 radical (unpaired) electrons. The normalized spacial score (nSPS) is 14.7. The zero-order valence-electron chi connectivity index (χ0n) is 10.7. The number of likely N-dealkylation sites (tertiary alicyclic amines) is 1. The van der Waals surface area contributed by atoms with Crippen molar-refractivity contribution in [1.82, 2.24) is 25.2 Å². The lowest BCUT2D eigenvalue weighted by Crippen LogP contribution is -2.39. The molecule has 2 heterocycles. The number of nitrogens with zero attached hydrogens (tertiary/aromatic N) is 4. The molecule has 3 N–H and O–H groups in total. The van der Waals surface area contributed by atoms with Crippen LogP contribution in [0.3, 0.4) is 0 Å². The number of nitrogens with two attached hydrogens (primary N) is 1. The number of amides is 2. The van der Waals surface area contributed by atoms with Gasteiger partial charge in [-0.3, -0.25) is 9.59 Å². The van der Waals surface area contributed by atoms with Crippen LogP contribution in [0.15, 0.2) is 6.20 Å². The molecule has 1 aromatic heterocycles. The molecular weight excluding hydrogens is 248 g/mol. The molecule has 19 heavy (non-hydrogen) atoms. The smallest absolute Gasteiger partial charge is 0.242 e. The Labute approximate surface area is 110 Å². The minimum atomic E-state index is -0.263. The largest absolute Gasteiger partial charge is 0.345 e. The van der Waals surface area contributed by atoms with Gasteiger partial charge in [0.05, 0.1) is 18.4 Å². The van der Waals surface area contributed by atoms with E-state index in [1.165, 1.54) is 4.68 Å². The topological polar surface area (TPSA) is 106 Å². The molecule has 8 nitrogen and oxygen atoms in total. The summed E-state index contributed by atoms with van der Waals surface area (Å²) in [5.41, 5.74) is 6.02. The van der Waals surface area contributed by atoms with E-state index in [1.807, 2.05) is 0 Å². The molecule has 2 amide bonds. The number of rotatable bonds is 5. The maximum absolute atomic E-state index is 11.7. The number of carbonyl (C=O) groups is 2. The molecule has 0 saturated carbocycles. The van der Waals surface area contributed by atoms with Gasteiger partial charge in [-0.05, 0) is 12.8 Å². The predicted octanol–water partition coefficient (Wildman–Crippen LogP) is -1.52. The average molecular weight is 266 g/mol. The quantitative estimate of drug-likeness (QED) is 0.673. The Morgan fingerprint density at radius 3 is 2.74 bits per heavy atom. The summed E-state index contributed by atoms with van der Waals surface area (Å²) in [7, 11) is 0. The number of hydrogen-bond acceptors (Lipinski definition) is 5. The van der Waals surface area contributed by atoms with Gasteiger partial charge in [0.2, 0.25) is 11.8 Å². The molecule has 0 atom stereocenters. The second-order valence-electron chi connectivity index (χ2n) is 4.48. The van der Waals surface area contributed by atoms with Crippen molar-refractivity contribution in [1.29, 1.82) is 0 Å². The second kappa shape index (κ2) is 6.28. The van der Waals surface area contributed by atoms with Crippen molar-refractivity contribution in [2.45, 2.75) is 25.9 Å². The summed E-state index contributed by atoms with van der Waals surface area (Å²) in [6, 6.07) is 0. The van der Waals surface area contributed by atoms with E-state index in [0.717, 1.165) is 25.9 Å². The molecule has 1 aliphatic heterocycles. The van der Waals surface area contributed by atoms with Gasteiger partial charge in [0.15, 0.2) is 0 Å². The van der Waals surface area contributed by atoms with Gasteiger partial charge in [0, 0.05) is 19.6 Å². The fraction of sp³-hybridized carbons (Fsp3) is 0.636. The van der Waals surface area contributed by atoms with Gasteiger partial charge in [0.1, 0.15) is 6.54 Å². The second-order valence-corrected chi connectivity index (χ2v) is 4.48. The molecule has 1 fully saturated rings. The van der Waals surface area contributed by atoms with Gasteiger partial charge in [-0.2, -0.15) is 0 Å². The Morgan fingerprint density at radius 2 is 2.11 bits per heavy atom. The molecule has 0 unspecified atom stereocenters. The molecule has 8 heteroatoms. The van der Waals surface area contributed by atoms with Gasteiger partial charge >= 0.3 is 0 Å². The summed E-state index contributed by atoms with van der Waals surface area (Å²) in [5.74, 6) is -0.298. The highest BCUT2D eigenvalue weighted by atomic mass is 16.2. The van der Waals surface area contributed by atoms with Crippen molar-refractivity contribution in [2.75, 3.05) is 19.6 Å². The molecule has 1 saturated heterocycles. The lowest BCUT2D eigenvalue weighted by atomic mass is 10.4. The van der Waals surface area contributed by atoms with Crippen molar-refractivity contribution >= 4 is 11.8 Å². The minimum Gasteiger partial charge on any atom is -0.345 e. The maximum atomic E-state index is 11.7. The lowest BCUT2D eigenvalue weighted by molar-refractivity contribution is -0.132. The Kier molecular flexibility index (Phi) is 4.45. The van der Waals surface area contributed by atoms with Crippen molar-refractivity contribution in [3.05, 3.63) is 11.9 Å². The van der Waals surface area contributed by atoms with E-state index in [4.69, 9.17) is 5.73 Å². The highest BCUT2D eigenvalue weighted by molar-refractivity contribution is 5.84. The van der Waals surface area contributed by atoms with Gasteiger partial charge in [-0.25, -0.2) is 4.68 Å². The summed E-state index contributed by atoms with van der Waals surface area (Å²) in [6.07, 6.45) is 3.70. The zero-order valence-corrected chi connectivity index (χ0v) is 10.7. The highest BCUT2D eigenvalue weighted by Crippen LogP contribution is 2.06. The molecule has 1 aliphatic rings. The molecular formula is C11H18N6O2. The predicted molar refractivity (Wildman–Crippen MR) is 66.7 cm³/mol. The van der Waals surface area contributed by atoms with Crippen LogP contribution in [0.1, 0.15) is 18.5 Å². The third kappa shape index (κ3) is 3.75. The fourth-order valence-corrected chi connectivity index (χ4v) is 1.96. The van der Waals surface area contributed by atoms with Gasteiger partial charge in [-0.1, -0.05) is 5.21 Å². The van der Waals surface area contributed by atoms with E-state index in [2.05, 4.69) is 15.6 Å². The number of hydrogen-bond donors (Lipinski definition) is 2. The van der Waals surface area contributed by atoms with E-state index in [-0.39, 0.29) is 31.4 Å². The molecule has 0 aromatic carbocycles. The van der Waals surface area contributed by atoms with Crippen LogP contribution in [0.25, 0.3) is 0 Å². The summed E-state index contributed by atoms with van der Waals surface area (Å²) >= 11 is 0. The Bertz CT molecular complexity index is 452. The fourth-order valence-electron chi connectivity index (χ4n) is 1.96. The first-order chi connectivity index (χ1) is 9.19. The van der Waals surface area contributed by atoms with Gasteiger partial charge in [0.25, 0.3) is 0 Å². The standard InChI is InChI=1S/C11H18N6O2/c12-5-9-7-17(15-14-9)8-10(18)13-6-11(19)16-3-1-2-4-16/h7H,1-6,8,12H2,(H,13,18). The summed E-state index contributed by atoms with van der Waals surface area (Å²) < 4.78 is 1.40. The highest BCUT2D eigenvalue weighted by Gasteiger charge is 2.18. The van der Waals surface area contributed by atoms with Crippen LogP contribution in [-0.4, -0.2) is 51.3 Å². The lowest BCUT2D eigenvalue weighted by Gasteiger charge is -2.15. The first kappa shape index (κ1) is 13.5. The van der Waals surface area contributed by atoms with E-state index in [9.17, 15) is 9.59 Å². The van der Waals surface area contributed by atoms with E-state index < -0.39 is 0 Å². The molecule has 2 rings (SSSR count). The third-order valence-corrected chi connectivity index (χ3v) is 3.00. The van der Waals surface area contributed by atoms with Crippen LogP contribution >= 0.6 is 0 Å². The monoisotopic (exact) mass is 266 g/mol. The Balaban J connectivity index is 1.73. The molecule has 104 valence electrons. The SMILES string of the molecule is NCc1cn(CC(=O)NCC(=O)N2CCCC2)nn1. The van der Waals surface area contributed by atoms with Crippen LogP contribution in [0, 0.1) is 0 Å². The van der Waals surface area contributed by atoms with Crippen LogP contribution in [0.5, 0.6) is 0 Å². The third-order valence-electron chi connectivity index (χ3n) is 3.00. The van der Waals surface area contributed by atoms with Crippen LogP contribution in [0.2, 0.25) is 0 Å². The van der Waals surface area contributed by atoms with Crippen LogP contribution in [0.4, 0.5) is 0 Å². The number of carbonyl (C=O) groups excluding carboxylic acids is 2. The van der Waals surface area contributed by atoms with Crippen molar-refractivity contribution in [3.63, 3.8) is 0 Å². The van der Waals surface area contributed by atoms with E-state index >= 15 is 0 Å². The van der Waals surface area contributed by atoms with Crippen LogP contribution < -0.4 is 11.1 Å². The van der Waals surface area contributed by atoms with Gasteiger partial charge in [-0.15, -0.1) is 5.10 Å². The maximum Gasteiger partial charge on any atom is 0.242 e. The van der Waals surface area contributed by atoms with Crippen molar-refractivity contribution < 1.29 is 9.59 Å². The molecule has 0 spiro atoms. The van der Waals surface area contributed by atoms with E-state index in [0.29, 0.717) is 5.69 Å². The Morgan fingerprint density at radius 1 is 1.37 bits per heavy atom. The van der Waals surface area contributed by atoms with Gasteiger partial charge < -0.3 is 16.0 Å². The minimum absolute atomic E-state index is 0.0351. The molecule has 1 aromatic rings. The van der Waals surface area contributed by atoms with Crippen molar-refractivity contribution in [2.24, 2.45) is 5.73 Å². The summed E-state index contributed by atoms with van der Waals surface area (Å²) in [6.45, 7) is 1.95. The number of aromatic nitrogens is 3. The zero-order chi connectivity index (χ0) is 13.7. The molecule has 0 bridgehead atoms. The van der Waals surface area contributed by atoms with Crippen LogP contribution in [-0.2, 0) is 22.7 Å². The summed E-state index contributed by atoms with van der Waals surface area (Å²) in [4.78, 5) is 25.1. The van der Waals surface area contributed by atoms with E-state index in [1.54, 1.807) is 11.1 Å². The first-order valence-electron chi connectivity index (χ1n) is 6.32. The first-order valence-corrected chi connectivity index (χ1v) is 6.32. The molecule has 0 aliphatic carbocycles. The Hall–Kier alpha value is -1.96.